The Morgan fingerprint density at radius 1 is 1.11 bits per heavy atom. The van der Waals surface area contributed by atoms with Crippen molar-refractivity contribution in [2.75, 3.05) is 11.9 Å². The third kappa shape index (κ3) is 4.91. The molecule has 0 saturated carbocycles. The summed E-state index contributed by atoms with van der Waals surface area (Å²) >= 11 is 12.7. The van der Waals surface area contributed by atoms with Gasteiger partial charge in [0.05, 0.1) is 28.5 Å². The molecule has 0 amide bonds. The second-order valence-electron chi connectivity index (χ2n) is 5.68. The van der Waals surface area contributed by atoms with Crippen molar-refractivity contribution < 1.29 is 14.3 Å². The van der Waals surface area contributed by atoms with E-state index in [1.54, 1.807) is 25.1 Å². The standard InChI is InChI=1S/C20H17Cl2N3O3/c1-2-27-20(26)18-17(8-9-23-25-18)24-14-10-15(21)19(16(22)11-14)28-12-13-6-4-3-5-7-13/h3-11H,2,12H2,1H3,(H,23,24). The van der Waals surface area contributed by atoms with Crippen LogP contribution in [0.1, 0.15) is 23.0 Å². The van der Waals surface area contributed by atoms with Crippen LogP contribution in [0.2, 0.25) is 10.0 Å². The van der Waals surface area contributed by atoms with Gasteiger partial charge in [0.1, 0.15) is 6.61 Å². The number of esters is 1. The van der Waals surface area contributed by atoms with E-state index >= 15 is 0 Å². The van der Waals surface area contributed by atoms with Gasteiger partial charge >= 0.3 is 5.97 Å². The molecule has 0 atom stereocenters. The van der Waals surface area contributed by atoms with Crippen LogP contribution in [0.25, 0.3) is 0 Å². The zero-order valence-electron chi connectivity index (χ0n) is 15.0. The molecule has 28 heavy (non-hydrogen) atoms. The third-order valence-electron chi connectivity index (χ3n) is 3.69. The number of hydrogen-bond donors (Lipinski definition) is 1. The van der Waals surface area contributed by atoms with Crippen molar-refractivity contribution in [3.05, 3.63) is 76.0 Å². The number of nitrogens with one attached hydrogen (secondary N) is 1. The molecule has 0 aliphatic carbocycles. The predicted molar refractivity (Wildman–Crippen MR) is 109 cm³/mol. The predicted octanol–water partition coefficient (Wildman–Crippen LogP) is 5.28. The first-order valence-electron chi connectivity index (χ1n) is 8.50. The third-order valence-corrected chi connectivity index (χ3v) is 4.25. The second-order valence-corrected chi connectivity index (χ2v) is 6.50. The largest absolute Gasteiger partial charge is 0.486 e. The first kappa shape index (κ1) is 19.9. The Labute approximate surface area is 172 Å². The molecule has 1 N–H and O–H groups in total. The van der Waals surface area contributed by atoms with Gasteiger partial charge in [0, 0.05) is 5.69 Å². The van der Waals surface area contributed by atoms with Gasteiger partial charge in [-0.2, -0.15) is 5.10 Å². The van der Waals surface area contributed by atoms with Crippen LogP contribution in [0.3, 0.4) is 0 Å². The highest BCUT2D eigenvalue weighted by Crippen LogP contribution is 2.37. The summed E-state index contributed by atoms with van der Waals surface area (Å²) in [6.07, 6.45) is 1.46. The monoisotopic (exact) mass is 417 g/mol. The molecule has 8 heteroatoms. The van der Waals surface area contributed by atoms with Crippen LogP contribution in [0.15, 0.2) is 54.7 Å². The summed E-state index contributed by atoms with van der Waals surface area (Å²) in [4.78, 5) is 12.0. The van der Waals surface area contributed by atoms with Crippen LogP contribution < -0.4 is 10.1 Å². The van der Waals surface area contributed by atoms with Crippen LogP contribution in [-0.4, -0.2) is 22.8 Å². The number of rotatable bonds is 7. The van der Waals surface area contributed by atoms with E-state index in [2.05, 4.69) is 15.5 Å². The molecule has 3 aromatic rings. The molecule has 1 heterocycles. The normalized spacial score (nSPS) is 10.4. The maximum Gasteiger partial charge on any atom is 0.361 e. The smallest absolute Gasteiger partial charge is 0.361 e. The summed E-state index contributed by atoms with van der Waals surface area (Å²) in [6.45, 7) is 2.30. The lowest BCUT2D eigenvalue weighted by molar-refractivity contribution is 0.0519. The molecule has 0 fully saturated rings. The average Bonchev–Trinajstić information content (AvgIpc) is 2.69. The van der Waals surface area contributed by atoms with Gasteiger partial charge in [-0.15, -0.1) is 5.10 Å². The van der Waals surface area contributed by atoms with Crippen molar-refractivity contribution in [1.82, 2.24) is 10.2 Å². The van der Waals surface area contributed by atoms with Gasteiger partial charge in [0.25, 0.3) is 0 Å². The summed E-state index contributed by atoms with van der Waals surface area (Å²) in [5.41, 5.74) is 2.07. The molecule has 0 aliphatic heterocycles. The molecule has 2 aromatic carbocycles. The number of nitrogens with zero attached hydrogens (tertiary/aromatic N) is 2. The van der Waals surface area contributed by atoms with Crippen LogP contribution in [-0.2, 0) is 11.3 Å². The zero-order chi connectivity index (χ0) is 19.9. The number of carbonyl (C=O) groups is 1. The Hall–Kier alpha value is -2.83. The Morgan fingerprint density at radius 2 is 1.82 bits per heavy atom. The minimum Gasteiger partial charge on any atom is -0.486 e. The number of carbonyl (C=O) groups excluding carboxylic acids is 1. The molecule has 0 aliphatic rings. The number of hydrogen-bond acceptors (Lipinski definition) is 6. The van der Waals surface area contributed by atoms with E-state index in [-0.39, 0.29) is 12.3 Å². The van der Waals surface area contributed by atoms with Crippen LogP contribution in [0.4, 0.5) is 11.4 Å². The molecule has 0 bridgehead atoms. The van der Waals surface area contributed by atoms with Crippen LogP contribution >= 0.6 is 23.2 Å². The Balaban J connectivity index is 1.79. The molecule has 0 unspecified atom stereocenters. The SMILES string of the molecule is CCOC(=O)c1nnccc1Nc1cc(Cl)c(OCc2ccccc2)c(Cl)c1. The fourth-order valence-corrected chi connectivity index (χ4v) is 3.03. The first-order chi connectivity index (χ1) is 13.6. The lowest BCUT2D eigenvalue weighted by Crippen LogP contribution is -2.11. The second kappa shape index (κ2) is 9.39. The molecule has 144 valence electrons. The number of ether oxygens (including phenoxy) is 2. The number of aromatic nitrogens is 2. The zero-order valence-corrected chi connectivity index (χ0v) is 16.5. The molecular formula is C20H17Cl2N3O3. The minimum absolute atomic E-state index is 0.0704. The summed E-state index contributed by atoms with van der Waals surface area (Å²) in [7, 11) is 0. The van der Waals surface area contributed by atoms with Crippen molar-refractivity contribution in [2.24, 2.45) is 0 Å². The maximum absolute atomic E-state index is 12.0. The Kier molecular flexibility index (Phi) is 6.68. The van der Waals surface area contributed by atoms with Crippen LogP contribution in [0.5, 0.6) is 5.75 Å². The van der Waals surface area contributed by atoms with Gasteiger partial charge < -0.3 is 14.8 Å². The Morgan fingerprint density at radius 3 is 2.50 bits per heavy atom. The van der Waals surface area contributed by atoms with Gasteiger partial charge in [-0.05, 0) is 30.7 Å². The molecule has 6 nitrogen and oxygen atoms in total. The minimum atomic E-state index is -0.571. The van der Waals surface area contributed by atoms with E-state index in [0.717, 1.165) is 5.56 Å². The van der Waals surface area contributed by atoms with Crippen molar-refractivity contribution in [3.8, 4) is 5.75 Å². The lowest BCUT2D eigenvalue weighted by atomic mass is 10.2. The molecule has 0 saturated heterocycles. The molecular weight excluding hydrogens is 401 g/mol. The maximum atomic E-state index is 12.0. The summed E-state index contributed by atoms with van der Waals surface area (Å²) in [5.74, 6) is -0.186. The van der Waals surface area contributed by atoms with Gasteiger partial charge in [-0.3, -0.25) is 0 Å². The average molecular weight is 418 g/mol. The summed E-state index contributed by atoms with van der Waals surface area (Å²) < 4.78 is 10.8. The van der Waals surface area contributed by atoms with E-state index in [0.29, 0.717) is 33.8 Å². The van der Waals surface area contributed by atoms with Gasteiger partial charge in [0.2, 0.25) is 0 Å². The van der Waals surface area contributed by atoms with Gasteiger partial charge in [-0.1, -0.05) is 53.5 Å². The Bertz CT molecular complexity index is 945. The van der Waals surface area contributed by atoms with Crippen molar-refractivity contribution in [2.45, 2.75) is 13.5 Å². The van der Waals surface area contributed by atoms with Gasteiger partial charge in [0.15, 0.2) is 11.4 Å². The van der Waals surface area contributed by atoms with Gasteiger partial charge in [-0.25, -0.2) is 4.79 Å². The number of benzene rings is 2. The van der Waals surface area contributed by atoms with Crippen LogP contribution in [0, 0.1) is 0 Å². The van der Waals surface area contributed by atoms with Crippen molar-refractivity contribution in [1.29, 1.82) is 0 Å². The fourth-order valence-electron chi connectivity index (χ4n) is 2.44. The highest BCUT2D eigenvalue weighted by atomic mass is 35.5. The van der Waals surface area contributed by atoms with Crippen molar-refractivity contribution >= 4 is 40.5 Å². The number of halogens is 2. The summed E-state index contributed by atoms with van der Waals surface area (Å²) in [5, 5.41) is 11.3. The van der Waals surface area contributed by atoms with Crippen molar-refractivity contribution in [3.63, 3.8) is 0 Å². The molecule has 1 aromatic heterocycles. The molecule has 0 spiro atoms. The van der Waals surface area contributed by atoms with E-state index in [1.807, 2.05) is 30.3 Å². The fraction of sp³-hybridized carbons (Fsp3) is 0.150. The van der Waals surface area contributed by atoms with E-state index in [4.69, 9.17) is 32.7 Å². The molecule has 3 rings (SSSR count). The van der Waals surface area contributed by atoms with E-state index in [1.165, 1.54) is 6.20 Å². The first-order valence-corrected chi connectivity index (χ1v) is 9.25. The quantitative estimate of drug-likeness (QED) is 0.526. The molecule has 0 radical (unpaired) electrons. The van der Waals surface area contributed by atoms with E-state index < -0.39 is 5.97 Å². The van der Waals surface area contributed by atoms with E-state index in [9.17, 15) is 4.79 Å². The highest BCUT2D eigenvalue weighted by Gasteiger charge is 2.16. The highest BCUT2D eigenvalue weighted by molar-refractivity contribution is 6.37. The lowest BCUT2D eigenvalue weighted by Gasteiger charge is -2.14. The topological polar surface area (TPSA) is 73.3 Å². The summed E-state index contributed by atoms with van der Waals surface area (Å²) in [6, 6.07) is 14.6. The number of anilines is 2.